The Morgan fingerprint density at radius 1 is 1.19 bits per heavy atom. The third-order valence-electron chi connectivity index (χ3n) is 5.70. The largest absolute Gasteiger partial charge is 0.469 e. The summed E-state index contributed by atoms with van der Waals surface area (Å²) in [7, 11) is 3.50. The lowest BCUT2D eigenvalue weighted by Crippen LogP contribution is -2.49. The SMILES string of the molecule is Cc1ccccc1CN1CCC(NC(=NCC(=O)N(C)C)NCCc2ccco2)CC1.I. The van der Waals surface area contributed by atoms with Crippen molar-refractivity contribution in [3.05, 3.63) is 59.5 Å². The smallest absolute Gasteiger partial charge is 0.243 e. The van der Waals surface area contributed by atoms with Gasteiger partial charge in [-0.05, 0) is 43.0 Å². The first kappa shape index (κ1) is 26.2. The Morgan fingerprint density at radius 3 is 2.59 bits per heavy atom. The number of nitrogens with one attached hydrogen (secondary N) is 2. The van der Waals surface area contributed by atoms with Crippen molar-refractivity contribution < 1.29 is 9.21 Å². The quantitative estimate of drug-likeness (QED) is 0.299. The summed E-state index contributed by atoms with van der Waals surface area (Å²) in [6, 6.07) is 12.8. The van der Waals surface area contributed by atoms with Gasteiger partial charge in [-0.25, -0.2) is 4.99 Å². The summed E-state index contributed by atoms with van der Waals surface area (Å²) >= 11 is 0. The van der Waals surface area contributed by atoms with Crippen molar-refractivity contribution in [1.82, 2.24) is 20.4 Å². The highest BCUT2D eigenvalue weighted by Crippen LogP contribution is 2.16. The standard InChI is InChI=1S/C24H35N5O2.HI/c1-19-7-4-5-8-20(19)18-29-14-11-21(12-15-29)27-24(26-17-23(30)28(2)3)25-13-10-22-9-6-16-31-22;/h4-9,16,21H,10-15,17-18H2,1-3H3,(H2,25,26,27);1H. The van der Waals surface area contributed by atoms with Crippen LogP contribution in [0.3, 0.4) is 0 Å². The number of likely N-dealkylation sites (tertiary alicyclic amines) is 1. The number of hydrogen-bond acceptors (Lipinski definition) is 4. The fourth-order valence-corrected chi connectivity index (χ4v) is 3.66. The summed E-state index contributed by atoms with van der Waals surface area (Å²) in [6.07, 6.45) is 4.55. The summed E-state index contributed by atoms with van der Waals surface area (Å²) < 4.78 is 5.40. The number of likely N-dealkylation sites (N-methyl/N-ethyl adjacent to an activating group) is 1. The van der Waals surface area contributed by atoms with E-state index in [2.05, 4.69) is 51.7 Å². The molecular weight excluding hydrogens is 517 g/mol. The van der Waals surface area contributed by atoms with E-state index >= 15 is 0 Å². The monoisotopic (exact) mass is 553 g/mol. The number of guanidine groups is 1. The molecule has 2 aromatic rings. The fraction of sp³-hybridized carbons (Fsp3) is 0.500. The van der Waals surface area contributed by atoms with Crippen LogP contribution in [0.5, 0.6) is 0 Å². The van der Waals surface area contributed by atoms with Crippen LogP contribution < -0.4 is 10.6 Å². The van der Waals surface area contributed by atoms with Crippen molar-refractivity contribution in [1.29, 1.82) is 0 Å². The highest BCUT2D eigenvalue weighted by atomic mass is 127. The minimum Gasteiger partial charge on any atom is -0.469 e. The Balaban J connectivity index is 0.00000363. The van der Waals surface area contributed by atoms with Crippen LogP contribution in [0.15, 0.2) is 52.1 Å². The van der Waals surface area contributed by atoms with Gasteiger partial charge in [0.25, 0.3) is 0 Å². The van der Waals surface area contributed by atoms with E-state index in [0.29, 0.717) is 18.5 Å². The molecule has 0 aliphatic carbocycles. The van der Waals surface area contributed by atoms with Gasteiger partial charge in [0, 0.05) is 52.7 Å². The molecule has 1 saturated heterocycles. The summed E-state index contributed by atoms with van der Waals surface area (Å²) in [5, 5.41) is 6.89. The van der Waals surface area contributed by atoms with Gasteiger partial charge >= 0.3 is 0 Å². The predicted octanol–water partition coefficient (Wildman–Crippen LogP) is 3.04. The molecule has 8 heteroatoms. The molecule has 0 radical (unpaired) electrons. The molecular formula is C24H36IN5O2. The molecule has 0 atom stereocenters. The van der Waals surface area contributed by atoms with Crippen molar-refractivity contribution in [2.24, 2.45) is 4.99 Å². The van der Waals surface area contributed by atoms with E-state index in [-0.39, 0.29) is 36.4 Å². The number of carbonyl (C=O) groups is 1. The summed E-state index contributed by atoms with van der Waals surface area (Å²) in [4.78, 5) is 20.6. The molecule has 0 spiro atoms. The molecule has 1 aliphatic heterocycles. The van der Waals surface area contributed by atoms with Gasteiger partial charge in [-0.1, -0.05) is 24.3 Å². The Labute approximate surface area is 208 Å². The van der Waals surface area contributed by atoms with Gasteiger partial charge in [-0.3, -0.25) is 9.69 Å². The second-order valence-corrected chi connectivity index (χ2v) is 8.33. The summed E-state index contributed by atoms with van der Waals surface area (Å²) in [5.74, 6) is 1.61. The van der Waals surface area contributed by atoms with Gasteiger partial charge < -0.3 is 20.0 Å². The minimum absolute atomic E-state index is 0. The van der Waals surface area contributed by atoms with Crippen molar-refractivity contribution in [3.63, 3.8) is 0 Å². The van der Waals surface area contributed by atoms with Gasteiger partial charge in [-0.2, -0.15) is 0 Å². The van der Waals surface area contributed by atoms with Crippen LogP contribution in [0.4, 0.5) is 0 Å². The third-order valence-corrected chi connectivity index (χ3v) is 5.70. The number of benzene rings is 1. The van der Waals surface area contributed by atoms with Crippen molar-refractivity contribution in [2.75, 3.05) is 40.3 Å². The van der Waals surface area contributed by atoms with Crippen LogP contribution in [0.25, 0.3) is 0 Å². The normalized spacial score (nSPS) is 15.2. The number of piperidine rings is 1. The van der Waals surface area contributed by atoms with E-state index in [0.717, 1.165) is 44.7 Å². The molecule has 0 unspecified atom stereocenters. The van der Waals surface area contributed by atoms with Gasteiger partial charge in [0.1, 0.15) is 12.3 Å². The fourth-order valence-electron chi connectivity index (χ4n) is 3.66. The highest BCUT2D eigenvalue weighted by Gasteiger charge is 2.20. The second-order valence-electron chi connectivity index (χ2n) is 8.33. The first-order valence-electron chi connectivity index (χ1n) is 11.1. The zero-order chi connectivity index (χ0) is 22.1. The van der Waals surface area contributed by atoms with E-state index in [1.54, 1.807) is 25.3 Å². The van der Waals surface area contributed by atoms with Gasteiger partial charge in [0.05, 0.1) is 6.26 Å². The minimum atomic E-state index is -0.0137. The molecule has 1 aromatic heterocycles. The molecule has 176 valence electrons. The molecule has 1 aromatic carbocycles. The van der Waals surface area contributed by atoms with E-state index in [4.69, 9.17) is 4.42 Å². The highest BCUT2D eigenvalue weighted by molar-refractivity contribution is 14.0. The molecule has 1 aliphatic rings. The molecule has 2 heterocycles. The van der Waals surface area contributed by atoms with Crippen LogP contribution in [0, 0.1) is 6.92 Å². The maximum absolute atomic E-state index is 12.0. The molecule has 2 N–H and O–H groups in total. The molecule has 0 bridgehead atoms. The number of carbonyl (C=O) groups excluding carboxylic acids is 1. The zero-order valence-corrected chi connectivity index (χ0v) is 21.7. The number of aliphatic imine (C=N–C) groups is 1. The van der Waals surface area contributed by atoms with Crippen molar-refractivity contribution in [2.45, 2.75) is 38.8 Å². The Hall–Kier alpha value is -2.07. The second kappa shape index (κ2) is 13.5. The van der Waals surface area contributed by atoms with Crippen LogP contribution in [0.1, 0.15) is 29.7 Å². The van der Waals surface area contributed by atoms with Gasteiger partial charge in [0.15, 0.2) is 5.96 Å². The molecule has 1 fully saturated rings. The van der Waals surface area contributed by atoms with Crippen LogP contribution in [0.2, 0.25) is 0 Å². The first-order chi connectivity index (χ1) is 15.0. The first-order valence-corrected chi connectivity index (χ1v) is 11.1. The number of aryl methyl sites for hydroxylation is 1. The number of halogens is 1. The van der Waals surface area contributed by atoms with Gasteiger partial charge in [-0.15, -0.1) is 24.0 Å². The third kappa shape index (κ3) is 8.46. The lowest BCUT2D eigenvalue weighted by atomic mass is 10.0. The van der Waals surface area contributed by atoms with E-state index < -0.39 is 0 Å². The van der Waals surface area contributed by atoms with Crippen LogP contribution in [-0.2, 0) is 17.8 Å². The number of amides is 1. The Bertz CT molecular complexity index is 846. The Morgan fingerprint density at radius 2 is 1.94 bits per heavy atom. The molecule has 3 rings (SSSR count). The number of furan rings is 1. The molecule has 0 saturated carbocycles. The number of rotatable bonds is 8. The van der Waals surface area contributed by atoms with E-state index in [1.165, 1.54) is 11.1 Å². The lowest BCUT2D eigenvalue weighted by molar-refractivity contribution is -0.127. The van der Waals surface area contributed by atoms with Crippen molar-refractivity contribution >= 4 is 35.8 Å². The Kier molecular flexibility index (Phi) is 11.0. The van der Waals surface area contributed by atoms with Crippen LogP contribution in [-0.4, -0.2) is 68.0 Å². The van der Waals surface area contributed by atoms with E-state index in [1.807, 2.05) is 12.1 Å². The molecule has 32 heavy (non-hydrogen) atoms. The molecule has 7 nitrogen and oxygen atoms in total. The topological polar surface area (TPSA) is 73.1 Å². The maximum Gasteiger partial charge on any atom is 0.243 e. The average Bonchev–Trinajstić information content (AvgIpc) is 3.28. The number of hydrogen-bond donors (Lipinski definition) is 2. The lowest BCUT2D eigenvalue weighted by Gasteiger charge is -2.33. The van der Waals surface area contributed by atoms with E-state index in [9.17, 15) is 4.79 Å². The zero-order valence-electron chi connectivity index (χ0n) is 19.3. The summed E-state index contributed by atoms with van der Waals surface area (Å²) in [5.41, 5.74) is 2.75. The number of nitrogens with zero attached hydrogens (tertiary/aromatic N) is 3. The summed E-state index contributed by atoms with van der Waals surface area (Å²) in [6.45, 7) is 6.09. The van der Waals surface area contributed by atoms with Crippen molar-refractivity contribution in [3.8, 4) is 0 Å². The maximum atomic E-state index is 12.0. The molecule has 1 amide bonds. The van der Waals surface area contributed by atoms with Gasteiger partial charge in [0.2, 0.25) is 5.91 Å². The average molecular weight is 553 g/mol. The van der Waals surface area contributed by atoms with Crippen LogP contribution >= 0.6 is 24.0 Å². The predicted molar refractivity (Wildman–Crippen MR) is 139 cm³/mol.